The van der Waals surface area contributed by atoms with Crippen molar-refractivity contribution in [2.75, 3.05) is 6.54 Å². The van der Waals surface area contributed by atoms with Crippen molar-refractivity contribution in [1.29, 1.82) is 0 Å². The molecular weight excluding hydrogens is 308 g/mol. The lowest BCUT2D eigenvalue weighted by Crippen LogP contribution is -2.22. The van der Waals surface area contributed by atoms with E-state index in [9.17, 15) is 8.42 Å². The monoisotopic (exact) mass is 328 g/mol. The number of hydrogen-bond donors (Lipinski definition) is 2. The molecule has 0 saturated carbocycles. The fraction of sp³-hybridized carbons (Fsp3) is 0.462. The van der Waals surface area contributed by atoms with Gasteiger partial charge in [0.05, 0.1) is 16.1 Å². The minimum absolute atomic E-state index is 0.274. The van der Waals surface area contributed by atoms with Crippen LogP contribution in [-0.2, 0) is 30.2 Å². The first-order valence-electron chi connectivity index (χ1n) is 6.68. The molecular formula is C13H20N4O2S2. The molecule has 6 nitrogen and oxygen atoms in total. The van der Waals surface area contributed by atoms with Gasteiger partial charge in [0, 0.05) is 36.9 Å². The van der Waals surface area contributed by atoms with E-state index in [-0.39, 0.29) is 6.54 Å². The summed E-state index contributed by atoms with van der Waals surface area (Å²) in [4.78, 5) is 5.34. The summed E-state index contributed by atoms with van der Waals surface area (Å²) in [6, 6.07) is 1.70. The van der Waals surface area contributed by atoms with Gasteiger partial charge in [-0.05, 0) is 19.5 Å². The summed E-state index contributed by atoms with van der Waals surface area (Å²) < 4.78 is 29.1. The van der Waals surface area contributed by atoms with E-state index in [4.69, 9.17) is 0 Å². The first kappa shape index (κ1) is 16.2. The van der Waals surface area contributed by atoms with Crippen molar-refractivity contribution in [2.45, 2.75) is 31.8 Å². The van der Waals surface area contributed by atoms with E-state index in [2.05, 4.69) is 15.0 Å². The maximum absolute atomic E-state index is 12.3. The molecule has 0 bridgehead atoms. The van der Waals surface area contributed by atoms with Crippen molar-refractivity contribution in [3.8, 4) is 0 Å². The van der Waals surface area contributed by atoms with Gasteiger partial charge in [0.25, 0.3) is 0 Å². The molecule has 2 N–H and O–H groups in total. The summed E-state index contributed by atoms with van der Waals surface area (Å²) >= 11 is 1.45. The molecule has 2 rings (SSSR count). The normalized spacial score (nSPS) is 12.0. The fourth-order valence-electron chi connectivity index (χ4n) is 1.89. The molecule has 0 radical (unpaired) electrons. The number of sulfonamides is 1. The third-order valence-corrected chi connectivity index (χ3v) is 5.52. The zero-order chi connectivity index (χ0) is 15.5. The quantitative estimate of drug-likeness (QED) is 0.805. The number of thiazole rings is 1. The molecule has 0 fully saturated rings. The second kappa shape index (κ2) is 6.69. The predicted molar refractivity (Wildman–Crippen MR) is 83.7 cm³/mol. The third kappa shape index (κ3) is 3.91. The van der Waals surface area contributed by atoms with Crippen LogP contribution in [0.4, 0.5) is 0 Å². The highest BCUT2D eigenvalue weighted by Gasteiger charge is 2.18. The van der Waals surface area contributed by atoms with Crippen molar-refractivity contribution in [2.24, 2.45) is 7.05 Å². The van der Waals surface area contributed by atoms with Crippen LogP contribution >= 0.6 is 11.3 Å². The summed E-state index contributed by atoms with van der Waals surface area (Å²) in [5.41, 5.74) is 3.52. The molecule has 116 valence electrons. The van der Waals surface area contributed by atoms with Gasteiger partial charge in [-0.2, -0.15) is 0 Å². The van der Waals surface area contributed by atoms with Crippen LogP contribution in [0, 0.1) is 6.92 Å². The molecule has 0 aliphatic heterocycles. The van der Waals surface area contributed by atoms with Gasteiger partial charge in [0.15, 0.2) is 0 Å². The van der Waals surface area contributed by atoms with Crippen molar-refractivity contribution in [1.82, 2.24) is 19.6 Å². The van der Waals surface area contributed by atoms with Crippen molar-refractivity contribution in [3.63, 3.8) is 0 Å². The lowest BCUT2D eigenvalue weighted by molar-refractivity contribution is 0.581. The Labute approximate surface area is 129 Å². The maximum Gasteiger partial charge on any atom is 0.242 e. The van der Waals surface area contributed by atoms with E-state index in [1.165, 1.54) is 11.3 Å². The van der Waals surface area contributed by atoms with Crippen LogP contribution in [0.25, 0.3) is 0 Å². The van der Waals surface area contributed by atoms with Gasteiger partial charge in [-0.3, -0.25) is 0 Å². The SMILES string of the molecule is CCNCc1cc(S(=O)(=O)NCc2scnc2C)cn1C. The zero-order valence-corrected chi connectivity index (χ0v) is 14.0. The second-order valence-electron chi connectivity index (χ2n) is 4.74. The molecule has 0 unspecified atom stereocenters. The number of hydrogen-bond acceptors (Lipinski definition) is 5. The molecule has 21 heavy (non-hydrogen) atoms. The van der Waals surface area contributed by atoms with Crippen molar-refractivity contribution >= 4 is 21.4 Å². The topological polar surface area (TPSA) is 76.0 Å². The standard InChI is InChI=1S/C13H20N4O2S2/c1-4-14-6-11-5-12(8-17(11)3)21(18,19)16-7-13-10(2)15-9-20-13/h5,8-9,14,16H,4,6-7H2,1-3H3. The Morgan fingerprint density at radius 3 is 2.76 bits per heavy atom. The van der Waals surface area contributed by atoms with Crippen LogP contribution in [0.3, 0.4) is 0 Å². The van der Waals surface area contributed by atoms with E-state index in [1.807, 2.05) is 25.5 Å². The van der Waals surface area contributed by atoms with Crippen molar-refractivity contribution in [3.05, 3.63) is 34.0 Å². The molecule has 0 atom stereocenters. The summed E-state index contributed by atoms with van der Waals surface area (Å²) in [7, 11) is -1.65. The van der Waals surface area contributed by atoms with Crippen LogP contribution in [0.5, 0.6) is 0 Å². The summed E-state index contributed by atoms with van der Waals surface area (Å²) in [5, 5.41) is 3.19. The minimum atomic E-state index is -3.50. The fourth-order valence-corrected chi connectivity index (χ4v) is 3.79. The third-order valence-electron chi connectivity index (χ3n) is 3.22. The first-order chi connectivity index (χ1) is 9.94. The molecule has 2 aromatic rings. The van der Waals surface area contributed by atoms with Gasteiger partial charge < -0.3 is 9.88 Å². The lowest BCUT2D eigenvalue weighted by Gasteiger charge is -2.03. The van der Waals surface area contributed by atoms with Gasteiger partial charge in [-0.25, -0.2) is 18.1 Å². The molecule has 0 saturated heterocycles. The summed E-state index contributed by atoms with van der Waals surface area (Å²) in [6.45, 7) is 5.65. The van der Waals surface area contributed by atoms with Gasteiger partial charge >= 0.3 is 0 Å². The highest BCUT2D eigenvalue weighted by Crippen LogP contribution is 2.16. The Balaban J connectivity index is 2.10. The van der Waals surface area contributed by atoms with Gasteiger partial charge in [-0.15, -0.1) is 11.3 Å². The predicted octanol–water partition coefficient (Wildman–Crippen LogP) is 1.38. The number of aromatic nitrogens is 2. The van der Waals surface area contributed by atoms with Gasteiger partial charge in [0.2, 0.25) is 10.0 Å². The van der Waals surface area contributed by atoms with E-state index >= 15 is 0 Å². The molecule has 0 amide bonds. The van der Waals surface area contributed by atoms with Crippen LogP contribution in [-0.4, -0.2) is 24.5 Å². The number of nitrogens with zero attached hydrogens (tertiary/aromatic N) is 2. The smallest absolute Gasteiger partial charge is 0.242 e. The number of nitrogens with one attached hydrogen (secondary N) is 2. The summed E-state index contributed by atoms with van der Waals surface area (Å²) in [5.74, 6) is 0. The second-order valence-corrected chi connectivity index (χ2v) is 7.45. The Hall–Kier alpha value is -1.22. The Kier molecular flexibility index (Phi) is 5.15. The van der Waals surface area contributed by atoms with Gasteiger partial charge in [-0.1, -0.05) is 6.92 Å². The molecule has 0 aliphatic carbocycles. The Morgan fingerprint density at radius 2 is 2.14 bits per heavy atom. The highest BCUT2D eigenvalue weighted by molar-refractivity contribution is 7.89. The molecule has 8 heteroatoms. The molecule has 2 heterocycles. The maximum atomic E-state index is 12.3. The molecule has 0 spiro atoms. The van der Waals surface area contributed by atoms with E-state index in [1.54, 1.807) is 17.8 Å². The molecule has 0 aromatic carbocycles. The minimum Gasteiger partial charge on any atom is -0.352 e. The Bertz CT molecular complexity index is 704. The van der Waals surface area contributed by atoms with Crippen molar-refractivity contribution < 1.29 is 8.42 Å². The Morgan fingerprint density at radius 1 is 1.38 bits per heavy atom. The van der Waals surface area contributed by atoms with Gasteiger partial charge in [0.1, 0.15) is 0 Å². The average Bonchev–Trinajstić information content (AvgIpc) is 3.01. The highest BCUT2D eigenvalue weighted by atomic mass is 32.2. The van der Waals surface area contributed by atoms with E-state index in [0.717, 1.165) is 22.8 Å². The van der Waals surface area contributed by atoms with E-state index < -0.39 is 10.0 Å². The van der Waals surface area contributed by atoms with Crippen LogP contribution in [0.15, 0.2) is 22.7 Å². The van der Waals surface area contributed by atoms with Crippen LogP contribution < -0.4 is 10.0 Å². The molecule has 0 aliphatic rings. The molecule has 2 aromatic heterocycles. The number of rotatable bonds is 7. The first-order valence-corrected chi connectivity index (χ1v) is 9.05. The van der Waals surface area contributed by atoms with E-state index in [0.29, 0.717) is 11.4 Å². The lowest BCUT2D eigenvalue weighted by atomic mass is 10.4. The average molecular weight is 328 g/mol. The van der Waals surface area contributed by atoms with Crippen LogP contribution in [0.2, 0.25) is 0 Å². The summed E-state index contributed by atoms with van der Waals surface area (Å²) in [6.07, 6.45) is 1.63. The zero-order valence-electron chi connectivity index (χ0n) is 12.4. The van der Waals surface area contributed by atoms with Crippen LogP contribution in [0.1, 0.15) is 23.2 Å². The number of aryl methyl sites for hydroxylation is 2. The largest absolute Gasteiger partial charge is 0.352 e.